The predicted molar refractivity (Wildman–Crippen MR) is 135 cm³/mol. The Morgan fingerprint density at radius 3 is 2.57 bits per heavy atom. The van der Waals surface area contributed by atoms with Crippen LogP contribution in [0.2, 0.25) is 0 Å². The van der Waals surface area contributed by atoms with Crippen LogP contribution in [0, 0.1) is 0 Å². The lowest BCUT2D eigenvalue weighted by atomic mass is 10.2. The number of piperazine rings is 1. The number of hydrogen-bond acceptors (Lipinski definition) is 4. The molecular formula is C21H36IN5S. The first kappa shape index (κ1) is 23.6. The van der Waals surface area contributed by atoms with E-state index in [-0.39, 0.29) is 24.0 Å². The molecule has 0 bridgehead atoms. The van der Waals surface area contributed by atoms with E-state index in [1.807, 2.05) is 7.05 Å². The third-order valence-corrected chi connectivity index (χ3v) is 6.83. The van der Waals surface area contributed by atoms with Crippen LogP contribution in [0.4, 0.5) is 5.69 Å². The van der Waals surface area contributed by atoms with Crippen LogP contribution in [-0.2, 0) is 0 Å². The summed E-state index contributed by atoms with van der Waals surface area (Å²) in [4.78, 5) is 9.44. The van der Waals surface area contributed by atoms with Gasteiger partial charge in [0.1, 0.15) is 0 Å². The monoisotopic (exact) mass is 517 g/mol. The van der Waals surface area contributed by atoms with Gasteiger partial charge in [-0.05, 0) is 50.1 Å². The minimum atomic E-state index is 0. The van der Waals surface area contributed by atoms with Gasteiger partial charge in [0.05, 0.1) is 0 Å². The van der Waals surface area contributed by atoms with E-state index in [0.717, 1.165) is 37.4 Å². The fraction of sp³-hybridized carbons (Fsp3) is 0.667. The highest BCUT2D eigenvalue weighted by Crippen LogP contribution is 2.25. The third-order valence-electron chi connectivity index (χ3n) is 5.43. The summed E-state index contributed by atoms with van der Waals surface area (Å²) >= 11 is 2.09. The van der Waals surface area contributed by atoms with Crippen LogP contribution >= 0.6 is 35.7 Å². The van der Waals surface area contributed by atoms with Crippen molar-refractivity contribution in [2.75, 3.05) is 63.5 Å². The van der Waals surface area contributed by atoms with Crippen molar-refractivity contribution in [3.63, 3.8) is 0 Å². The molecule has 0 aliphatic carbocycles. The van der Waals surface area contributed by atoms with Crippen molar-refractivity contribution in [3.05, 3.63) is 30.3 Å². The molecular weight excluding hydrogens is 481 g/mol. The molecule has 1 unspecified atom stereocenters. The molecule has 7 heteroatoms. The van der Waals surface area contributed by atoms with Crippen LogP contribution in [0.15, 0.2) is 35.3 Å². The van der Waals surface area contributed by atoms with Gasteiger partial charge in [-0.1, -0.05) is 18.2 Å². The maximum atomic E-state index is 4.34. The molecule has 0 radical (unpaired) electrons. The fourth-order valence-corrected chi connectivity index (χ4v) is 4.97. The highest BCUT2D eigenvalue weighted by atomic mass is 127. The van der Waals surface area contributed by atoms with Crippen molar-refractivity contribution in [1.82, 2.24) is 15.5 Å². The number of rotatable bonds is 8. The lowest BCUT2D eigenvalue weighted by Crippen LogP contribution is -2.46. The molecule has 0 amide bonds. The molecule has 28 heavy (non-hydrogen) atoms. The molecule has 3 rings (SSSR count). The quantitative estimate of drug-likeness (QED) is 0.240. The second-order valence-electron chi connectivity index (χ2n) is 7.39. The molecule has 5 nitrogen and oxygen atoms in total. The number of guanidine groups is 1. The topological polar surface area (TPSA) is 42.9 Å². The van der Waals surface area contributed by atoms with Crippen LogP contribution in [0.3, 0.4) is 0 Å². The summed E-state index contributed by atoms with van der Waals surface area (Å²) < 4.78 is 0. The zero-order chi connectivity index (χ0) is 18.7. The number of unbranched alkanes of at least 4 members (excludes halogenated alkanes) is 1. The summed E-state index contributed by atoms with van der Waals surface area (Å²) in [5, 5.41) is 7.70. The smallest absolute Gasteiger partial charge is 0.191 e. The molecule has 2 saturated heterocycles. The van der Waals surface area contributed by atoms with Gasteiger partial charge in [-0.15, -0.1) is 24.0 Å². The normalized spacial score (nSPS) is 20.7. The second kappa shape index (κ2) is 13.5. The molecule has 2 aliphatic rings. The Morgan fingerprint density at radius 1 is 1.11 bits per heavy atom. The number of hydrogen-bond donors (Lipinski definition) is 2. The first-order chi connectivity index (χ1) is 13.3. The largest absolute Gasteiger partial charge is 0.369 e. The summed E-state index contributed by atoms with van der Waals surface area (Å²) in [6, 6.07) is 10.8. The molecule has 1 aromatic carbocycles. The van der Waals surface area contributed by atoms with E-state index in [1.54, 1.807) is 0 Å². The summed E-state index contributed by atoms with van der Waals surface area (Å²) in [6.45, 7) is 7.86. The lowest BCUT2D eigenvalue weighted by Gasteiger charge is -2.36. The molecule has 1 atom stereocenters. The third kappa shape index (κ3) is 7.99. The molecule has 1 aromatic rings. The van der Waals surface area contributed by atoms with Crippen LogP contribution in [0.5, 0.6) is 0 Å². The van der Waals surface area contributed by atoms with Crippen molar-refractivity contribution >= 4 is 47.4 Å². The number of aliphatic imine (C=N–C) groups is 1. The van der Waals surface area contributed by atoms with Crippen molar-refractivity contribution in [3.8, 4) is 0 Å². The minimum Gasteiger partial charge on any atom is -0.369 e. The van der Waals surface area contributed by atoms with E-state index < -0.39 is 0 Å². The molecule has 2 heterocycles. The standard InChI is InChI=1S/C21H35N5S.HI/c1-22-21(24-18-20-10-7-17-27-20)23-11-5-6-12-25-13-15-26(16-14-25)19-8-3-2-4-9-19;/h2-4,8-9,20H,5-7,10-18H2,1H3,(H2,22,23,24);1H. The van der Waals surface area contributed by atoms with E-state index in [9.17, 15) is 0 Å². The number of benzene rings is 1. The van der Waals surface area contributed by atoms with Crippen molar-refractivity contribution < 1.29 is 0 Å². The van der Waals surface area contributed by atoms with E-state index in [0.29, 0.717) is 0 Å². The number of nitrogens with one attached hydrogen (secondary N) is 2. The number of thioether (sulfide) groups is 1. The summed E-state index contributed by atoms with van der Waals surface area (Å²) in [6.07, 6.45) is 5.14. The highest BCUT2D eigenvalue weighted by Gasteiger charge is 2.17. The summed E-state index contributed by atoms with van der Waals surface area (Å²) in [7, 11) is 1.86. The van der Waals surface area contributed by atoms with Crippen LogP contribution in [-0.4, -0.2) is 74.7 Å². The fourth-order valence-electron chi connectivity index (χ4n) is 3.77. The Morgan fingerprint density at radius 2 is 1.89 bits per heavy atom. The van der Waals surface area contributed by atoms with E-state index in [1.165, 1.54) is 56.8 Å². The second-order valence-corrected chi connectivity index (χ2v) is 8.79. The Balaban J connectivity index is 0.00000280. The van der Waals surface area contributed by atoms with Gasteiger partial charge in [0.2, 0.25) is 0 Å². The van der Waals surface area contributed by atoms with Gasteiger partial charge in [-0.3, -0.25) is 9.89 Å². The number of anilines is 1. The molecule has 158 valence electrons. The number of nitrogens with zero attached hydrogens (tertiary/aromatic N) is 3. The average molecular weight is 518 g/mol. The zero-order valence-corrected chi connectivity index (χ0v) is 20.3. The Kier molecular flexibility index (Phi) is 11.4. The maximum absolute atomic E-state index is 4.34. The van der Waals surface area contributed by atoms with Gasteiger partial charge in [0.25, 0.3) is 0 Å². The maximum Gasteiger partial charge on any atom is 0.191 e. The average Bonchev–Trinajstić information content (AvgIpc) is 3.25. The Hall–Kier alpha value is -0.670. The van der Waals surface area contributed by atoms with Crippen molar-refractivity contribution in [2.45, 2.75) is 30.9 Å². The summed E-state index contributed by atoms with van der Waals surface area (Å²) in [5.74, 6) is 2.27. The molecule has 2 N–H and O–H groups in total. The van der Waals surface area contributed by atoms with Gasteiger partial charge < -0.3 is 15.5 Å². The van der Waals surface area contributed by atoms with Crippen LogP contribution < -0.4 is 15.5 Å². The first-order valence-corrected chi connectivity index (χ1v) is 11.5. The van der Waals surface area contributed by atoms with Crippen LogP contribution in [0.25, 0.3) is 0 Å². The van der Waals surface area contributed by atoms with E-state index in [4.69, 9.17) is 0 Å². The van der Waals surface area contributed by atoms with Gasteiger partial charge in [-0.2, -0.15) is 11.8 Å². The van der Waals surface area contributed by atoms with Gasteiger partial charge >= 0.3 is 0 Å². The molecule has 2 aliphatic heterocycles. The molecule has 0 spiro atoms. The lowest BCUT2D eigenvalue weighted by molar-refractivity contribution is 0.253. The highest BCUT2D eigenvalue weighted by molar-refractivity contribution is 14.0. The number of para-hydroxylation sites is 1. The first-order valence-electron chi connectivity index (χ1n) is 10.4. The Labute approximate surface area is 192 Å². The molecule has 2 fully saturated rings. The number of halogens is 1. The Bertz CT molecular complexity index is 557. The predicted octanol–water partition coefficient (Wildman–Crippen LogP) is 3.27. The summed E-state index contributed by atoms with van der Waals surface area (Å²) in [5.41, 5.74) is 1.36. The van der Waals surface area contributed by atoms with Gasteiger partial charge in [-0.25, -0.2) is 0 Å². The SMILES string of the molecule is CN=C(NCCCCN1CCN(c2ccccc2)CC1)NCC1CCCS1.I. The van der Waals surface area contributed by atoms with Crippen LogP contribution in [0.1, 0.15) is 25.7 Å². The minimum absolute atomic E-state index is 0. The molecule has 0 saturated carbocycles. The van der Waals surface area contributed by atoms with Gasteiger partial charge in [0, 0.05) is 57.3 Å². The zero-order valence-electron chi connectivity index (χ0n) is 17.1. The molecule has 0 aromatic heterocycles. The van der Waals surface area contributed by atoms with E-state index in [2.05, 4.69) is 67.5 Å². The van der Waals surface area contributed by atoms with Crippen molar-refractivity contribution in [2.24, 2.45) is 4.99 Å². The van der Waals surface area contributed by atoms with Gasteiger partial charge in [0.15, 0.2) is 5.96 Å². The van der Waals surface area contributed by atoms with E-state index >= 15 is 0 Å². The van der Waals surface area contributed by atoms with Crippen molar-refractivity contribution in [1.29, 1.82) is 0 Å².